The van der Waals surface area contributed by atoms with Gasteiger partial charge in [-0.1, -0.05) is 30.3 Å². The first-order valence-electron chi connectivity index (χ1n) is 8.59. The monoisotopic (exact) mass is 404 g/mol. The highest BCUT2D eigenvalue weighted by molar-refractivity contribution is 9.10. The van der Waals surface area contributed by atoms with Gasteiger partial charge < -0.3 is 4.90 Å². The van der Waals surface area contributed by atoms with Crippen molar-refractivity contribution in [2.45, 2.75) is 13.0 Å². The third kappa shape index (κ3) is 5.21. The van der Waals surface area contributed by atoms with Crippen molar-refractivity contribution in [3.05, 3.63) is 69.9 Å². The van der Waals surface area contributed by atoms with Gasteiger partial charge in [0, 0.05) is 51.3 Å². The van der Waals surface area contributed by atoms with Crippen LogP contribution in [0.25, 0.3) is 0 Å². The van der Waals surface area contributed by atoms with Crippen LogP contribution >= 0.6 is 15.9 Å². The normalized spacial score (nSPS) is 16.1. The van der Waals surface area contributed by atoms with Crippen molar-refractivity contribution in [2.24, 2.45) is 0 Å². The maximum Gasteiger partial charge on any atom is 0.164 e. The molecular formula is C20H22BrFN2O. The first-order chi connectivity index (χ1) is 12.1. The number of carbonyl (C=O) groups is 1. The second-order valence-corrected chi connectivity index (χ2v) is 7.26. The molecule has 1 aliphatic heterocycles. The summed E-state index contributed by atoms with van der Waals surface area (Å²) >= 11 is 3.13. The Kier molecular flexibility index (Phi) is 6.34. The van der Waals surface area contributed by atoms with Gasteiger partial charge in [-0.15, -0.1) is 0 Å². The quantitative estimate of drug-likeness (QED) is 0.680. The number of ketones is 1. The molecular weight excluding hydrogens is 383 g/mol. The van der Waals surface area contributed by atoms with E-state index in [4.69, 9.17) is 0 Å². The minimum atomic E-state index is -0.342. The number of hydrogen-bond donors (Lipinski definition) is 0. The number of nitrogens with zero attached hydrogens (tertiary/aromatic N) is 2. The molecule has 0 unspecified atom stereocenters. The summed E-state index contributed by atoms with van der Waals surface area (Å²) in [6.45, 7) is 5.74. The predicted molar refractivity (Wildman–Crippen MR) is 101 cm³/mol. The third-order valence-electron chi connectivity index (χ3n) is 4.61. The van der Waals surface area contributed by atoms with E-state index in [-0.39, 0.29) is 11.6 Å². The minimum absolute atomic E-state index is 0.0624. The highest BCUT2D eigenvalue weighted by Gasteiger charge is 2.18. The molecule has 0 amide bonds. The molecule has 0 radical (unpaired) electrons. The average molecular weight is 405 g/mol. The molecule has 2 aromatic rings. The van der Waals surface area contributed by atoms with Crippen molar-refractivity contribution in [1.82, 2.24) is 9.80 Å². The van der Waals surface area contributed by atoms with Gasteiger partial charge in [0.2, 0.25) is 0 Å². The molecule has 5 heteroatoms. The molecule has 0 N–H and O–H groups in total. The lowest BCUT2D eigenvalue weighted by atomic mass is 10.1. The SMILES string of the molecule is O=C(CCN1CCN(Cc2ccccc2)CC1)c1ccc(F)c(Br)c1. The summed E-state index contributed by atoms with van der Waals surface area (Å²) in [6.07, 6.45) is 0.469. The van der Waals surface area contributed by atoms with Crippen LogP contribution in [-0.4, -0.2) is 48.3 Å². The van der Waals surface area contributed by atoms with Crippen LogP contribution < -0.4 is 0 Å². The number of hydrogen-bond acceptors (Lipinski definition) is 3. The fourth-order valence-corrected chi connectivity index (χ4v) is 3.46. The molecule has 25 heavy (non-hydrogen) atoms. The summed E-state index contributed by atoms with van der Waals surface area (Å²) < 4.78 is 13.6. The van der Waals surface area contributed by atoms with Crippen LogP contribution in [0.1, 0.15) is 22.3 Å². The average Bonchev–Trinajstić information content (AvgIpc) is 2.64. The van der Waals surface area contributed by atoms with E-state index in [1.165, 1.54) is 11.6 Å². The molecule has 0 atom stereocenters. The zero-order valence-corrected chi connectivity index (χ0v) is 15.7. The van der Waals surface area contributed by atoms with Gasteiger partial charge in [-0.05, 0) is 39.7 Å². The molecule has 3 nitrogen and oxygen atoms in total. The van der Waals surface area contributed by atoms with Crippen LogP contribution in [0.4, 0.5) is 4.39 Å². The molecule has 0 aromatic heterocycles. The smallest absolute Gasteiger partial charge is 0.164 e. The Hall–Kier alpha value is -1.56. The van der Waals surface area contributed by atoms with Crippen molar-refractivity contribution in [2.75, 3.05) is 32.7 Å². The van der Waals surface area contributed by atoms with Crippen LogP contribution in [0, 0.1) is 5.82 Å². The third-order valence-corrected chi connectivity index (χ3v) is 5.22. The van der Waals surface area contributed by atoms with Gasteiger partial charge in [0.05, 0.1) is 4.47 Å². The zero-order valence-electron chi connectivity index (χ0n) is 14.1. The minimum Gasteiger partial charge on any atom is -0.300 e. The molecule has 0 bridgehead atoms. The maximum atomic E-state index is 13.3. The van der Waals surface area contributed by atoms with E-state index in [0.29, 0.717) is 16.5 Å². The summed E-state index contributed by atoms with van der Waals surface area (Å²) in [5, 5.41) is 0. The van der Waals surface area contributed by atoms with Crippen LogP contribution in [-0.2, 0) is 6.54 Å². The van der Waals surface area contributed by atoms with Crippen LogP contribution in [0.15, 0.2) is 53.0 Å². The van der Waals surface area contributed by atoms with E-state index in [9.17, 15) is 9.18 Å². The lowest BCUT2D eigenvalue weighted by Crippen LogP contribution is -2.46. The Bertz CT molecular complexity index is 715. The largest absolute Gasteiger partial charge is 0.300 e. The lowest BCUT2D eigenvalue weighted by Gasteiger charge is -2.34. The van der Waals surface area contributed by atoms with E-state index in [0.717, 1.165) is 39.3 Å². The highest BCUT2D eigenvalue weighted by Crippen LogP contribution is 2.18. The van der Waals surface area contributed by atoms with Crippen LogP contribution in [0.2, 0.25) is 0 Å². The van der Waals surface area contributed by atoms with Crippen molar-refractivity contribution in [3.8, 4) is 0 Å². The lowest BCUT2D eigenvalue weighted by molar-refractivity contribution is 0.0922. The van der Waals surface area contributed by atoms with Gasteiger partial charge in [-0.25, -0.2) is 4.39 Å². The molecule has 132 valence electrons. The second kappa shape index (κ2) is 8.70. The van der Waals surface area contributed by atoms with Crippen LogP contribution in [0.3, 0.4) is 0 Å². The Morgan fingerprint density at radius 3 is 2.36 bits per heavy atom. The topological polar surface area (TPSA) is 23.6 Å². The molecule has 1 saturated heterocycles. The Balaban J connectivity index is 1.43. The van der Waals surface area contributed by atoms with Gasteiger partial charge >= 0.3 is 0 Å². The summed E-state index contributed by atoms with van der Waals surface area (Å²) in [6, 6.07) is 15.0. The van der Waals surface area contributed by atoms with E-state index < -0.39 is 0 Å². The molecule has 0 spiro atoms. The molecule has 0 aliphatic carbocycles. The van der Waals surface area contributed by atoms with Gasteiger partial charge in [0.15, 0.2) is 5.78 Å². The number of benzene rings is 2. The van der Waals surface area contributed by atoms with Crippen molar-refractivity contribution in [1.29, 1.82) is 0 Å². The number of rotatable bonds is 6. The highest BCUT2D eigenvalue weighted by atomic mass is 79.9. The zero-order chi connectivity index (χ0) is 17.6. The fraction of sp³-hybridized carbons (Fsp3) is 0.350. The fourth-order valence-electron chi connectivity index (χ4n) is 3.09. The van der Waals surface area contributed by atoms with Crippen molar-refractivity contribution < 1.29 is 9.18 Å². The van der Waals surface area contributed by atoms with Gasteiger partial charge in [-0.2, -0.15) is 0 Å². The molecule has 3 rings (SSSR count). The first kappa shape index (κ1) is 18.2. The Morgan fingerprint density at radius 2 is 1.68 bits per heavy atom. The van der Waals surface area contributed by atoms with Gasteiger partial charge in [0.1, 0.15) is 5.82 Å². The number of carbonyl (C=O) groups excluding carboxylic acids is 1. The summed E-state index contributed by atoms with van der Waals surface area (Å²) in [5.41, 5.74) is 1.91. The summed E-state index contributed by atoms with van der Waals surface area (Å²) in [4.78, 5) is 17.1. The van der Waals surface area contributed by atoms with Gasteiger partial charge in [-0.3, -0.25) is 9.69 Å². The standard InChI is InChI=1S/C20H22BrFN2O/c21-18-14-17(6-7-19(18)22)20(25)8-9-23-10-12-24(13-11-23)15-16-4-2-1-3-5-16/h1-7,14H,8-13,15H2. The van der Waals surface area contributed by atoms with Crippen LogP contribution in [0.5, 0.6) is 0 Å². The molecule has 2 aromatic carbocycles. The molecule has 0 saturated carbocycles. The van der Waals surface area contributed by atoms with Crippen molar-refractivity contribution >= 4 is 21.7 Å². The van der Waals surface area contributed by atoms with E-state index in [1.54, 1.807) is 12.1 Å². The molecule has 1 aliphatic rings. The number of piperazine rings is 1. The first-order valence-corrected chi connectivity index (χ1v) is 9.38. The van der Waals surface area contributed by atoms with E-state index >= 15 is 0 Å². The predicted octanol–water partition coefficient (Wildman–Crippen LogP) is 3.98. The van der Waals surface area contributed by atoms with E-state index in [2.05, 4.69) is 50.0 Å². The number of halogens is 2. The Morgan fingerprint density at radius 1 is 1.00 bits per heavy atom. The van der Waals surface area contributed by atoms with Gasteiger partial charge in [0.25, 0.3) is 0 Å². The Labute approximate surface area is 156 Å². The van der Waals surface area contributed by atoms with Crippen molar-refractivity contribution in [3.63, 3.8) is 0 Å². The summed E-state index contributed by atoms with van der Waals surface area (Å²) in [5.74, 6) is -0.279. The maximum absolute atomic E-state index is 13.3. The number of Topliss-reactive ketones (excluding diaryl/α,β-unsaturated/α-hetero) is 1. The molecule has 1 fully saturated rings. The second-order valence-electron chi connectivity index (χ2n) is 6.41. The molecule has 1 heterocycles. The van der Waals surface area contributed by atoms with E-state index in [1.807, 2.05) is 6.07 Å². The summed E-state index contributed by atoms with van der Waals surface area (Å²) in [7, 11) is 0.